The van der Waals surface area contributed by atoms with E-state index in [-0.39, 0.29) is 6.04 Å². The fourth-order valence-electron chi connectivity index (χ4n) is 2.20. The molecule has 0 aromatic heterocycles. The first-order valence-electron chi connectivity index (χ1n) is 7.17. The molecule has 1 N–H and O–H groups in total. The van der Waals surface area contributed by atoms with E-state index in [0.29, 0.717) is 6.61 Å². The average molecular weight is 304 g/mol. The van der Waals surface area contributed by atoms with Crippen molar-refractivity contribution in [2.24, 2.45) is 0 Å². The van der Waals surface area contributed by atoms with Gasteiger partial charge in [-0.2, -0.15) is 0 Å². The van der Waals surface area contributed by atoms with Gasteiger partial charge in [-0.1, -0.05) is 35.9 Å². The van der Waals surface area contributed by atoms with E-state index < -0.39 is 0 Å². The van der Waals surface area contributed by atoms with Gasteiger partial charge < -0.3 is 10.1 Å². The topological polar surface area (TPSA) is 21.3 Å². The van der Waals surface area contributed by atoms with Crippen molar-refractivity contribution in [3.8, 4) is 5.75 Å². The van der Waals surface area contributed by atoms with Crippen LogP contribution in [0.4, 0.5) is 0 Å². The highest BCUT2D eigenvalue weighted by Crippen LogP contribution is 2.28. The van der Waals surface area contributed by atoms with Crippen molar-refractivity contribution in [3.05, 3.63) is 63.7 Å². The maximum Gasteiger partial charge on any atom is 0.124 e. The quantitative estimate of drug-likeness (QED) is 0.855. The third kappa shape index (κ3) is 3.99. The lowest BCUT2D eigenvalue weighted by Crippen LogP contribution is -2.14. The Morgan fingerprint density at radius 3 is 2.43 bits per heavy atom. The Bertz CT molecular complexity index is 625. The number of aryl methyl sites for hydroxylation is 2. The van der Waals surface area contributed by atoms with E-state index in [1.165, 1.54) is 5.56 Å². The van der Waals surface area contributed by atoms with E-state index in [4.69, 9.17) is 16.3 Å². The summed E-state index contributed by atoms with van der Waals surface area (Å²) in [7, 11) is 1.95. The van der Waals surface area contributed by atoms with Crippen molar-refractivity contribution in [1.29, 1.82) is 0 Å². The van der Waals surface area contributed by atoms with Gasteiger partial charge in [-0.15, -0.1) is 0 Å². The summed E-state index contributed by atoms with van der Waals surface area (Å²) in [4.78, 5) is 0. The number of hydrogen-bond donors (Lipinski definition) is 1. The summed E-state index contributed by atoms with van der Waals surface area (Å²) in [5.41, 5.74) is 4.51. The Balaban J connectivity index is 2.21. The van der Waals surface area contributed by atoms with Gasteiger partial charge in [-0.05, 0) is 51.1 Å². The van der Waals surface area contributed by atoms with Crippen molar-refractivity contribution in [1.82, 2.24) is 5.32 Å². The van der Waals surface area contributed by atoms with Crippen LogP contribution >= 0.6 is 11.6 Å². The summed E-state index contributed by atoms with van der Waals surface area (Å²) < 4.78 is 6.02. The highest BCUT2D eigenvalue weighted by molar-refractivity contribution is 6.31. The summed E-state index contributed by atoms with van der Waals surface area (Å²) >= 11 is 6.26. The van der Waals surface area contributed by atoms with Gasteiger partial charge in [-0.25, -0.2) is 0 Å². The van der Waals surface area contributed by atoms with Crippen LogP contribution in [0, 0.1) is 13.8 Å². The molecule has 0 saturated heterocycles. The Morgan fingerprint density at radius 2 is 1.76 bits per heavy atom. The summed E-state index contributed by atoms with van der Waals surface area (Å²) in [6.07, 6.45) is 0. The molecule has 0 fully saturated rings. The van der Waals surface area contributed by atoms with Crippen molar-refractivity contribution in [3.63, 3.8) is 0 Å². The summed E-state index contributed by atoms with van der Waals surface area (Å²) in [5, 5.41) is 4.01. The van der Waals surface area contributed by atoms with Gasteiger partial charge >= 0.3 is 0 Å². The molecule has 2 nitrogen and oxygen atoms in total. The van der Waals surface area contributed by atoms with E-state index in [1.54, 1.807) is 0 Å². The number of rotatable bonds is 5. The molecule has 0 aliphatic heterocycles. The molecule has 3 heteroatoms. The SMILES string of the molecule is CNC(C)c1ccc(C)cc1OCc1ccc(C)cc1Cl. The molecule has 0 aliphatic rings. The molecule has 2 rings (SSSR count). The second-order valence-electron chi connectivity index (χ2n) is 5.44. The third-order valence-electron chi connectivity index (χ3n) is 3.66. The van der Waals surface area contributed by atoms with Crippen LogP contribution in [0.15, 0.2) is 36.4 Å². The van der Waals surface area contributed by atoms with Crippen molar-refractivity contribution < 1.29 is 4.74 Å². The molecule has 2 aromatic rings. The second-order valence-corrected chi connectivity index (χ2v) is 5.84. The van der Waals surface area contributed by atoms with Crippen molar-refractivity contribution >= 4 is 11.6 Å². The smallest absolute Gasteiger partial charge is 0.124 e. The van der Waals surface area contributed by atoms with Gasteiger partial charge in [0.15, 0.2) is 0 Å². The molecular formula is C18H22ClNO. The number of hydrogen-bond acceptors (Lipinski definition) is 2. The monoisotopic (exact) mass is 303 g/mol. The zero-order valence-electron chi connectivity index (χ0n) is 13.0. The van der Waals surface area contributed by atoms with Gasteiger partial charge in [0.1, 0.15) is 12.4 Å². The molecule has 21 heavy (non-hydrogen) atoms. The maximum atomic E-state index is 6.26. The first kappa shape index (κ1) is 15.9. The van der Waals surface area contributed by atoms with Crippen LogP contribution in [0.3, 0.4) is 0 Å². The van der Waals surface area contributed by atoms with E-state index >= 15 is 0 Å². The van der Waals surface area contributed by atoms with Gasteiger partial charge in [0.2, 0.25) is 0 Å². The minimum Gasteiger partial charge on any atom is -0.488 e. The fourth-order valence-corrected chi connectivity index (χ4v) is 2.49. The van der Waals surface area contributed by atoms with Gasteiger partial charge in [0.05, 0.1) is 0 Å². The average Bonchev–Trinajstić information content (AvgIpc) is 2.45. The highest BCUT2D eigenvalue weighted by Gasteiger charge is 2.11. The third-order valence-corrected chi connectivity index (χ3v) is 4.01. The number of ether oxygens (including phenoxy) is 1. The van der Waals surface area contributed by atoms with Crippen LogP contribution in [-0.4, -0.2) is 7.05 Å². The zero-order valence-corrected chi connectivity index (χ0v) is 13.8. The van der Waals surface area contributed by atoms with Gasteiger partial charge in [0.25, 0.3) is 0 Å². The molecule has 2 aromatic carbocycles. The van der Waals surface area contributed by atoms with Crippen LogP contribution in [0.2, 0.25) is 5.02 Å². The molecular weight excluding hydrogens is 282 g/mol. The lowest BCUT2D eigenvalue weighted by molar-refractivity contribution is 0.300. The molecule has 1 unspecified atom stereocenters. The summed E-state index contributed by atoms with van der Waals surface area (Å²) in [6, 6.07) is 12.6. The van der Waals surface area contributed by atoms with Crippen LogP contribution in [-0.2, 0) is 6.61 Å². The first-order valence-corrected chi connectivity index (χ1v) is 7.54. The molecule has 0 heterocycles. The number of nitrogens with one attached hydrogen (secondary N) is 1. The predicted molar refractivity (Wildman–Crippen MR) is 89.2 cm³/mol. The van der Waals surface area contributed by atoms with E-state index in [1.807, 2.05) is 26.1 Å². The zero-order chi connectivity index (χ0) is 15.4. The molecule has 112 valence electrons. The van der Waals surface area contributed by atoms with Crippen molar-refractivity contribution in [2.75, 3.05) is 7.05 Å². The van der Waals surface area contributed by atoms with Crippen molar-refractivity contribution in [2.45, 2.75) is 33.4 Å². The van der Waals surface area contributed by atoms with Crippen LogP contribution in [0.5, 0.6) is 5.75 Å². The first-order chi connectivity index (χ1) is 10.0. The second kappa shape index (κ2) is 6.97. The molecule has 0 saturated carbocycles. The maximum absolute atomic E-state index is 6.26. The number of benzene rings is 2. The highest BCUT2D eigenvalue weighted by atomic mass is 35.5. The Labute approximate surface area is 132 Å². The van der Waals surface area contributed by atoms with E-state index in [9.17, 15) is 0 Å². The lowest BCUT2D eigenvalue weighted by Gasteiger charge is -2.17. The van der Waals surface area contributed by atoms with Crippen LogP contribution < -0.4 is 10.1 Å². The molecule has 0 bridgehead atoms. The minimum absolute atomic E-state index is 0.245. The number of halogens is 1. The molecule has 0 radical (unpaired) electrons. The van der Waals surface area contributed by atoms with E-state index in [2.05, 4.69) is 43.4 Å². The van der Waals surface area contributed by atoms with E-state index in [0.717, 1.165) is 27.5 Å². The molecule has 0 spiro atoms. The largest absolute Gasteiger partial charge is 0.488 e. The predicted octanol–water partition coefficient (Wildman–Crippen LogP) is 4.82. The fraction of sp³-hybridized carbons (Fsp3) is 0.333. The Kier molecular flexibility index (Phi) is 5.27. The molecule has 0 aliphatic carbocycles. The standard InChI is InChI=1S/C18H22ClNO/c1-12-5-7-15(17(19)9-12)11-21-18-10-13(2)6-8-16(18)14(3)20-4/h5-10,14,20H,11H2,1-4H3. The molecule has 1 atom stereocenters. The van der Waals surface area contributed by atoms with Crippen LogP contribution in [0.1, 0.15) is 35.2 Å². The van der Waals surface area contributed by atoms with Crippen LogP contribution in [0.25, 0.3) is 0 Å². The minimum atomic E-state index is 0.245. The van der Waals surface area contributed by atoms with Gasteiger partial charge in [0, 0.05) is 22.2 Å². The molecule has 0 amide bonds. The lowest BCUT2D eigenvalue weighted by atomic mass is 10.1. The summed E-state index contributed by atoms with van der Waals surface area (Å²) in [6.45, 7) is 6.70. The Morgan fingerprint density at radius 1 is 1.10 bits per heavy atom. The normalized spacial score (nSPS) is 12.2. The summed E-state index contributed by atoms with van der Waals surface area (Å²) in [5.74, 6) is 0.911. The Hall–Kier alpha value is -1.51. The van der Waals surface area contributed by atoms with Gasteiger partial charge in [-0.3, -0.25) is 0 Å².